The molecule has 10 nitrogen and oxygen atoms in total. The summed E-state index contributed by atoms with van der Waals surface area (Å²) >= 11 is 0. The quantitative estimate of drug-likeness (QED) is 0.363. The maximum Gasteiger partial charge on any atom is 0.261 e. The molecule has 37 heavy (non-hydrogen) atoms. The van der Waals surface area contributed by atoms with E-state index in [9.17, 15) is 14.9 Å². The Labute approximate surface area is 213 Å². The van der Waals surface area contributed by atoms with Crippen molar-refractivity contribution in [2.24, 2.45) is 0 Å². The molecule has 0 saturated heterocycles. The fraction of sp³-hybridized carbons (Fsp3) is 0.222. The molecule has 10 heteroatoms. The summed E-state index contributed by atoms with van der Waals surface area (Å²) in [6.45, 7) is 2.18. The number of nitriles is 1. The molecule has 0 atom stereocenters. The Morgan fingerprint density at radius 3 is 2.62 bits per heavy atom. The standard InChI is InChI=1S/C27H25N5O5/c1-17-12-19(37-26-18(15-28)6-4-10-29-26)8-9-21(17)31-25(33)7-5-11-32-16-30-22-14-24(36-3)23(35-2)13-20(22)27(32)34/h4,6,8-10,12-14,16H,5,7,11H2,1-3H3,(H,31,33). The van der Waals surface area contributed by atoms with Crippen molar-refractivity contribution in [3.05, 3.63) is 76.5 Å². The predicted octanol–water partition coefficient (Wildman–Crippen LogP) is 4.20. The first-order valence-electron chi connectivity index (χ1n) is 11.5. The molecule has 2 aromatic heterocycles. The van der Waals surface area contributed by atoms with Crippen LogP contribution in [0.2, 0.25) is 0 Å². The molecule has 0 bridgehead atoms. The second-order valence-electron chi connectivity index (χ2n) is 8.17. The van der Waals surface area contributed by atoms with Crippen LogP contribution in [0.25, 0.3) is 10.9 Å². The number of fused-ring (bicyclic) bond motifs is 1. The number of pyridine rings is 1. The normalized spacial score (nSPS) is 10.5. The van der Waals surface area contributed by atoms with E-state index >= 15 is 0 Å². The molecule has 0 aliphatic carbocycles. The lowest BCUT2D eigenvalue weighted by atomic mass is 10.1. The molecule has 0 fully saturated rings. The first kappa shape index (κ1) is 25.2. The number of aryl methyl sites for hydroxylation is 2. The summed E-state index contributed by atoms with van der Waals surface area (Å²) < 4.78 is 17.8. The number of hydrogen-bond donors (Lipinski definition) is 1. The minimum Gasteiger partial charge on any atom is -0.493 e. The second-order valence-corrected chi connectivity index (χ2v) is 8.17. The first-order valence-corrected chi connectivity index (χ1v) is 11.5. The van der Waals surface area contributed by atoms with Gasteiger partial charge in [-0.25, -0.2) is 9.97 Å². The number of anilines is 1. The lowest BCUT2D eigenvalue weighted by Gasteiger charge is -2.12. The van der Waals surface area contributed by atoms with Crippen molar-refractivity contribution in [3.63, 3.8) is 0 Å². The molecule has 0 aliphatic rings. The molecule has 0 aliphatic heterocycles. The van der Waals surface area contributed by atoms with Gasteiger partial charge in [-0.05, 0) is 55.3 Å². The van der Waals surface area contributed by atoms with Crippen LogP contribution in [0.4, 0.5) is 5.69 Å². The van der Waals surface area contributed by atoms with Gasteiger partial charge in [0.25, 0.3) is 5.56 Å². The average Bonchev–Trinajstić information content (AvgIpc) is 2.91. The van der Waals surface area contributed by atoms with Gasteiger partial charge < -0.3 is 19.5 Å². The fourth-order valence-electron chi connectivity index (χ4n) is 3.78. The van der Waals surface area contributed by atoms with Gasteiger partial charge in [0.05, 0.1) is 31.4 Å². The van der Waals surface area contributed by atoms with Gasteiger partial charge in [-0.2, -0.15) is 5.26 Å². The molecule has 0 unspecified atom stereocenters. The van der Waals surface area contributed by atoms with Crippen molar-refractivity contribution in [2.45, 2.75) is 26.3 Å². The number of nitrogens with one attached hydrogen (secondary N) is 1. The molecule has 4 rings (SSSR count). The fourth-order valence-corrected chi connectivity index (χ4v) is 3.78. The van der Waals surface area contributed by atoms with E-state index < -0.39 is 0 Å². The number of carbonyl (C=O) groups excluding carboxylic acids is 1. The Balaban J connectivity index is 1.37. The molecule has 2 aromatic carbocycles. The average molecular weight is 500 g/mol. The van der Waals surface area contributed by atoms with E-state index in [1.54, 1.807) is 48.7 Å². The number of aromatic nitrogens is 3. The molecule has 1 N–H and O–H groups in total. The van der Waals surface area contributed by atoms with E-state index in [4.69, 9.17) is 14.2 Å². The molecule has 1 amide bonds. The smallest absolute Gasteiger partial charge is 0.261 e. The maximum atomic E-state index is 12.9. The van der Waals surface area contributed by atoms with Crippen LogP contribution in [0.3, 0.4) is 0 Å². The highest BCUT2D eigenvalue weighted by molar-refractivity contribution is 5.91. The van der Waals surface area contributed by atoms with Gasteiger partial charge in [-0.1, -0.05) is 0 Å². The molecule has 2 heterocycles. The first-order chi connectivity index (χ1) is 17.9. The van der Waals surface area contributed by atoms with E-state index in [1.807, 2.05) is 13.0 Å². The zero-order valence-electron chi connectivity index (χ0n) is 20.6. The minimum absolute atomic E-state index is 0.179. The number of rotatable bonds is 9. The van der Waals surface area contributed by atoms with Gasteiger partial charge in [-0.15, -0.1) is 0 Å². The third-order valence-electron chi connectivity index (χ3n) is 5.71. The van der Waals surface area contributed by atoms with Crippen LogP contribution in [-0.4, -0.2) is 34.7 Å². The van der Waals surface area contributed by atoms with Gasteiger partial charge in [-0.3, -0.25) is 14.2 Å². The third kappa shape index (κ3) is 5.67. The van der Waals surface area contributed by atoms with E-state index in [-0.39, 0.29) is 23.8 Å². The number of ether oxygens (including phenoxy) is 3. The van der Waals surface area contributed by atoms with Crippen molar-refractivity contribution < 1.29 is 19.0 Å². The minimum atomic E-state index is -0.217. The molecule has 0 spiro atoms. The second kappa shape index (κ2) is 11.2. The molecular formula is C27H25N5O5. The van der Waals surface area contributed by atoms with Crippen molar-refractivity contribution in [3.8, 4) is 29.2 Å². The molecule has 4 aromatic rings. The van der Waals surface area contributed by atoms with Crippen molar-refractivity contribution in [1.82, 2.24) is 14.5 Å². The number of benzene rings is 2. The number of amides is 1. The van der Waals surface area contributed by atoms with E-state index in [1.165, 1.54) is 25.1 Å². The summed E-state index contributed by atoms with van der Waals surface area (Å²) in [7, 11) is 3.03. The van der Waals surface area contributed by atoms with Crippen LogP contribution < -0.4 is 25.1 Å². The molecule has 188 valence electrons. The zero-order chi connectivity index (χ0) is 26.4. The summed E-state index contributed by atoms with van der Waals surface area (Å²) in [6, 6.07) is 13.8. The summed E-state index contributed by atoms with van der Waals surface area (Å²) in [5.41, 5.74) is 2.05. The Hall–Kier alpha value is -4.91. The summed E-state index contributed by atoms with van der Waals surface area (Å²) in [5, 5.41) is 12.5. The Bertz CT molecular complexity index is 1560. The Morgan fingerprint density at radius 2 is 1.89 bits per heavy atom. The zero-order valence-corrected chi connectivity index (χ0v) is 20.6. The molecule has 0 saturated carbocycles. The summed E-state index contributed by atoms with van der Waals surface area (Å²) in [4.78, 5) is 33.9. The van der Waals surface area contributed by atoms with Gasteiger partial charge in [0.1, 0.15) is 17.4 Å². The van der Waals surface area contributed by atoms with Gasteiger partial charge in [0.2, 0.25) is 11.8 Å². The van der Waals surface area contributed by atoms with E-state index in [0.717, 1.165) is 5.56 Å². The highest BCUT2D eigenvalue weighted by Gasteiger charge is 2.12. The monoisotopic (exact) mass is 499 g/mol. The van der Waals surface area contributed by atoms with Crippen LogP contribution in [0, 0.1) is 18.3 Å². The SMILES string of the molecule is COc1cc2ncn(CCCC(=O)Nc3ccc(Oc4ncccc4C#N)cc3C)c(=O)c2cc1OC. The van der Waals surface area contributed by atoms with E-state index in [0.29, 0.717) is 52.4 Å². The molecular weight excluding hydrogens is 474 g/mol. The van der Waals surface area contributed by atoms with Crippen LogP contribution in [-0.2, 0) is 11.3 Å². The summed E-state index contributed by atoms with van der Waals surface area (Å²) in [6.07, 6.45) is 3.68. The van der Waals surface area contributed by atoms with Crippen LogP contribution in [0.5, 0.6) is 23.1 Å². The van der Waals surface area contributed by atoms with Gasteiger partial charge in [0, 0.05) is 30.9 Å². The number of methoxy groups -OCH3 is 2. The number of hydrogen-bond acceptors (Lipinski definition) is 8. The Kier molecular flexibility index (Phi) is 7.64. The van der Waals surface area contributed by atoms with Crippen molar-refractivity contribution in [2.75, 3.05) is 19.5 Å². The van der Waals surface area contributed by atoms with Crippen LogP contribution >= 0.6 is 0 Å². The highest BCUT2D eigenvalue weighted by Crippen LogP contribution is 2.30. The van der Waals surface area contributed by atoms with Crippen LogP contribution in [0.15, 0.2) is 59.8 Å². The topological polar surface area (TPSA) is 128 Å². The van der Waals surface area contributed by atoms with Crippen molar-refractivity contribution >= 4 is 22.5 Å². The lowest BCUT2D eigenvalue weighted by Crippen LogP contribution is -2.22. The van der Waals surface area contributed by atoms with Crippen LogP contribution in [0.1, 0.15) is 24.0 Å². The third-order valence-corrected chi connectivity index (χ3v) is 5.71. The molecule has 0 radical (unpaired) electrons. The van der Waals surface area contributed by atoms with Gasteiger partial charge >= 0.3 is 0 Å². The van der Waals surface area contributed by atoms with Gasteiger partial charge in [0.15, 0.2) is 11.5 Å². The van der Waals surface area contributed by atoms with Crippen molar-refractivity contribution in [1.29, 1.82) is 5.26 Å². The largest absolute Gasteiger partial charge is 0.493 e. The Morgan fingerprint density at radius 1 is 1.11 bits per heavy atom. The summed E-state index contributed by atoms with van der Waals surface area (Å²) in [5.74, 6) is 1.49. The highest BCUT2D eigenvalue weighted by atomic mass is 16.5. The predicted molar refractivity (Wildman–Crippen MR) is 137 cm³/mol. The number of nitrogens with zero attached hydrogens (tertiary/aromatic N) is 4. The van der Waals surface area contributed by atoms with E-state index in [2.05, 4.69) is 15.3 Å². The maximum absolute atomic E-state index is 12.9. The lowest BCUT2D eigenvalue weighted by molar-refractivity contribution is -0.116. The number of carbonyl (C=O) groups is 1.